The van der Waals surface area contributed by atoms with E-state index >= 15 is 0 Å². The van der Waals surface area contributed by atoms with Crippen molar-refractivity contribution in [2.75, 3.05) is 13.7 Å². The predicted molar refractivity (Wildman–Crippen MR) is 100 cm³/mol. The minimum Gasteiger partial charge on any atom is -0.394 e. The number of carbonyl (C=O) groups excluding carboxylic acids is 1. The largest absolute Gasteiger partial charge is 0.394 e. The first-order chi connectivity index (χ1) is 13.7. The Balaban J connectivity index is 1.45. The molecule has 1 aliphatic rings. The smallest absolute Gasteiger partial charge is 0.224 e. The third-order valence-electron chi connectivity index (χ3n) is 4.79. The van der Waals surface area contributed by atoms with Crippen molar-refractivity contribution in [1.29, 1.82) is 0 Å². The molecule has 0 spiro atoms. The molecule has 1 amide bonds. The molecule has 0 aromatic carbocycles. The number of carbonyl (C=O) groups is 1. The van der Waals surface area contributed by atoms with E-state index in [4.69, 9.17) is 9.47 Å². The predicted octanol–water partition coefficient (Wildman–Crippen LogP) is 0.477. The summed E-state index contributed by atoms with van der Waals surface area (Å²) in [6, 6.07) is 3.48. The average Bonchev–Trinajstić information content (AvgIpc) is 3.15. The minimum absolute atomic E-state index is 0.0127. The van der Waals surface area contributed by atoms with Gasteiger partial charge in [-0.25, -0.2) is 0 Å². The molecule has 9 nitrogen and oxygen atoms in total. The third kappa shape index (κ3) is 5.82. The summed E-state index contributed by atoms with van der Waals surface area (Å²) < 4.78 is 12.8. The second-order valence-electron chi connectivity index (χ2n) is 6.96. The summed E-state index contributed by atoms with van der Waals surface area (Å²) in [5.41, 5.74) is 1.65. The quantitative estimate of drug-likeness (QED) is 0.641. The van der Waals surface area contributed by atoms with Crippen LogP contribution in [0.25, 0.3) is 0 Å². The third-order valence-corrected chi connectivity index (χ3v) is 4.79. The maximum atomic E-state index is 12.3. The normalized spacial score (nSPS) is 22.1. The van der Waals surface area contributed by atoms with E-state index < -0.39 is 6.10 Å². The highest BCUT2D eigenvalue weighted by Crippen LogP contribution is 2.22. The molecular formula is C19H27N5O4. The summed E-state index contributed by atoms with van der Waals surface area (Å²) in [6.07, 6.45) is 7.43. The molecule has 3 rings (SSSR count). The Kier molecular flexibility index (Phi) is 7.46. The lowest BCUT2D eigenvalue weighted by atomic mass is 9.97. The Morgan fingerprint density at radius 1 is 1.46 bits per heavy atom. The van der Waals surface area contributed by atoms with Crippen LogP contribution >= 0.6 is 0 Å². The van der Waals surface area contributed by atoms with Gasteiger partial charge in [0.1, 0.15) is 11.8 Å². The molecule has 3 atom stereocenters. The Morgan fingerprint density at radius 3 is 3.11 bits per heavy atom. The van der Waals surface area contributed by atoms with Crippen molar-refractivity contribution < 1.29 is 19.4 Å². The summed E-state index contributed by atoms with van der Waals surface area (Å²) in [4.78, 5) is 16.3. The maximum absolute atomic E-state index is 12.3. The number of hydrogen-bond acceptors (Lipinski definition) is 7. The Labute approximate surface area is 164 Å². The van der Waals surface area contributed by atoms with Crippen molar-refractivity contribution in [3.63, 3.8) is 0 Å². The standard InChI is InChI=1S/C19H27N5O4/c1-27-13-15-11-24(23-22-15)8-6-16-4-5-17(18(12-25)28-16)21-19(26)9-14-3-2-7-20-10-14/h2-3,7,10-11,16-18,25H,4-6,8-9,12-13H2,1H3,(H,21,26)/t16-,17-,18+/m0/s1. The van der Waals surface area contributed by atoms with Gasteiger partial charge in [-0.3, -0.25) is 14.5 Å². The molecule has 3 heterocycles. The van der Waals surface area contributed by atoms with E-state index in [2.05, 4.69) is 20.6 Å². The van der Waals surface area contributed by atoms with E-state index in [1.807, 2.05) is 12.3 Å². The van der Waals surface area contributed by atoms with Crippen LogP contribution in [0.3, 0.4) is 0 Å². The molecule has 2 aromatic heterocycles. The molecule has 0 saturated carbocycles. The first kappa shape index (κ1) is 20.4. The van der Waals surface area contributed by atoms with Crippen molar-refractivity contribution in [3.05, 3.63) is 42.0 Å². The molecule has 0 bridgehead atoms. The molecule has 9 heteroatoms. The number of aryl methyl sites for hydroxylation is 1. The first-order valence-electron chi connectivity index (χ1n) is 9.50. The summed E-state index contributed by atoms with van der Waals surface area (Å²) in [6.45, 7) is 0.986. The monoisotopic (exact) mass is 389 g/mol. The Morgan fingerprint density at radius 2 is 2.36 bits per heavy atom. The van der Waals surface area contributed by atoms with E-state index in [0.717, 1.165) is 30.5 Å². The number of ether oxygens (including phenoxy) is 2. The van der Waals surface area contributed by atoms with Gasteiger partial charge in [0.15, 0.2) is 0 Å². The van der Waals surface area contributed by atoms with Crippen molar-refractivity contribution in [2.24, 2.45) is 0 Å². The molecule has 28 heavy (non-hydrogen) atoms. The van der Waals surface area contributed by atoms with Crippen LogP contribution in [-0.4, -0.2) is 63.0 Å². The van der Waals surface area contributed by atoms with E-state index in [1.54, 1.807) is 30.3 Å². The number of nitrogens with zero attached hydrogens (tertiary/aromatic N) is 4. The van der Waals surface area contributed by atoms with Crippen LogP contribution in [0, 0.1) is 0 Å². The van der Waals surface area contributed by atoms with E-state index in [-0.39, 0.29) is 31.1 Å². The van der Waals surface area contributed by atoms with Crippen molar-refractivity contribution >= 4 is 5.91 Å². The van der Waals surface area contributed by atoms with Gasteiger partial charge in [0.2, 0.25) is 5.91 Å². The number of hydrogen-bond donors (Lipinski definition) is 2. The van der Waals surface area contributed by atoms with Crippen LogP contribution in [-0.2, 0) is 33.8 Å². The number of aromatic nitrogens is 4. The molecule has 0 radical (unpaired) electrons. The fraction of sp³-hybridized carbons (Fsp3) is 0.579. The van der Waals surface area contributed by atoms with Gasteiger partial charge in [-0.05, 0) is 30.9 Å². The van der Waals surface area contributed by atoms with Crippen LogP contribution in [0.1, 0.15) is 30.5 Å². The molecule has 0 unspecified atom stereocenters. The van der Waals surface area contributed by atoms with Crippen molar-refractivity contribution in [2.45, 2.75) is 57.1 Å². The van der Waals surface area contributed by atoms with Gasteiger partial charge in [-0.2, -0.15) is 0 Å². The van der Waals surface area contributed by atoms with Crippen LogP contribution in [0.2, 0.25) is 0 Å². The fourth-order valence-electron chi connectivity index (χ4n) is 3.39. The zero-order valence-corrected chi connectivity index (χ0v) is 16.0. The maximum Gasteiger partial charge on any atom is 0.224 e. The minimum atomic E-state index is -0.406. The van der Waals surface area contributed by atoms with E-state index in [0.29, 0.717) is 13.2 Å². The number of nitrogens with one attached hydrogen (secondary N) is 1. The molecule has 152 valence electrons. The van der Waals surface area contributed by atoms with Crippen LogP contribution in [0.15, 0.2) is 30.7 Å². The lowest BCUT2D eigenvalue weighted by molar-refractivity contribution is -0.128. The highest BCUT2D eigenvalue weighted by atomic mass is 16.5. The number of aliphatic hydroxyl groups is 1. The van der Waals surface area contributed by atoms with Crippen LogP contribution in [0.5, 0.6) is 0 Å². The average molecular weight is 389 g/mol. The molecule has 2 N–H and O–H groups in total. The second-order valence-corrected chi connectivity index (χ2v) is 6.96. The van der Waals surface area contributed by atoms with Crippen molar-refractivity contribution in [3.8, 4) is 0 Å². The summed E-state index contributed by atoms with van der Waals surface area (Å²) in [5, 5.41) is 20.8. The van der Waals surface area contributed by atoms with Gasteiger partial charge in [-0.1, -0.05) is 11.3 Å². The Bertz CT molecular complexity index is 739. The zero-order valence-electron chi connectivity index (χ0n) is 16.0. The fourth-order valence-corrected chi connectivity index (χ4v) is 3.39. The van der Waals surface area contributed by atoms with Gasteiger partial charge in [-0.15, -0.1) is 5.10 Å². The SMILES string of the molecule is COCc1cn(CC[C@@H]2CC[C@H](NC(=O)Cc3cccnc3)[C@@H](CO)O2)nn1. The molecule has 0 aliphatic carbocycles. The van der Waals surface area contributed by atoms with Crippen LogP contribution < -0.4 is 5.32 Å². The van der Waals surface area contributed by atoms with Gasteiger partial charge in [0, 0.05) is 26.0 Å². The van der Waals surface area contributed by atoms with E-state index in [9.17, 15) is 9.90 Å². The lowest BCUT2D eigenvalue weighted by Gasteiger charge is -2.36. The number of aliphatic hydroxyl groups excluding tert-OH is 1. The summed E-state index contributed by atoms with van der Waals surface area (Å²) in [7, 11) is 1.62. The highest BCUT2D eigenvalue weighted by Gasteiger charge is 2.31. The molecule has 1 saturated heterocycles. The summed E-state index contributed by atoms with van der Waals surface area (Å²) in [5.74, 6) is -0.0909. The van der Waals surface area contributed by atoms with Gasteiger partial charge >= 0.3 is 0 Å². The topological polar surface area (TPSA) is 111 Å². The van der Waals surface area contributed by atoms with Crippen molar-refractivity contribution in [1.82, 2.24) is 25.3 Å². The number of rotatable bonds is 9. The molecule has 2 aromatic rings. The van der Waals surface area contributed by atoms with Gasteiger partial charge < -0.3 is 19.9 Å². The van der Waals surface area contributed by atoms with E-state index in [1.165, 1.54) is 0 Å². The summed E-state index contributed by atoms with van der Waals surface area (Å²) >= 11 is 0. The number of amides is 1. The van der Waals surface area contributed by atoms with Crippen LogP contribution in [0.4, 0.5) is 0 Å². The lowest BCUT2D eigenvalue weighted by Crippen LogP contribution is -2.51. The van der Waals surface area contributed by atoms with Gasteiger partial charge in [0.05, 0.1) is 38.0 Å². The molecule has 1 fully saturated rings. The first-order valence-corrected chi connectivity index (χ1v) is 9.50. The Hall–Kier alpha value is -2.36. The van der Waals surface area contributed by atoms with Gasteiger partial charge in [0.25, 0.3) is 0 Å². The zero-order chi connectivity index (χ0) is 19.8. The highest BCUT2D eigenvalue weighted by molar-refractivity contribution is 5.78. The molecule has 1 aliphatic heterocycles. The second kappa shape index (κ2) is 10.3. The number of methoxy groups -OCH3 is 1. The molecular weight excluding hydrogens is 362 g/mol. The number of pyridine rings is 1.